The van der Waals surface area contributed by atoms with Crippen molar-refractivity contribution in [3.8, 4) is 5.82 Å². The summed E-state index contributed by atoms with van der Waals surface area (Å²) in [5, 5.41) is 14.2. The molecule has 0 saturated carbocycles. The maximum absolute atomic E-state index is 13.3. The van der Waals surface area contributed by atoms with Crippen LogP contribution < -0.4 is 10.9 Å². The molecule has 0 amide bonds. The molecule has 7 rings (SSSR count). The predicted molar refractivity (Wildman–Crippen MR) is 162 cm³/mol. The van der Waals surface area contributed by atoms with Gasteiger partial charge >= 0.3 is 0 Å². The van der Waals surface area contributed by atoms with Crippen LogP contribution in [0.1, 0.15) is 51.8 Å². The Morgan fingerprint density at radius 1 is 1.07 bits per heavy atom. The third kappa shape index (κ3) is 4.74. The minimum atomic E-state index is -1.16. The van der Waals surface area contributed by atoms with Gasteiger partial charge in [0.1, 0.15) is 11.0 Å². The number of hydrogen-bond acceptors (Lipinski definition) is 8. The van der Waals surface area contributed by atoms with Crippen LogP contribution >= 0.6 is 0 Å². The fraction of sp³-hybridized carbons (Fsp3) is 0.406. The summed E-state index contributed by atoms with van der Waals surface area (Å²) >= 11 is 0. The van der Waals surface area contributed by atoms with Crippen LogP contribution in [0, 0.1) is 5.92 Å². The van der Waals surface area contributed by atoms with Gasteiger partial charge in [0, 0.05) is 23.2 Å². The molecule has 10 heteroatoms. The number of hydrogen-bond donors (Lipinski definition) is 2. The number of nitrogens with zero attached hydrogens (tertiary/aromatic N) is 6. The van der Waals surface area contributed by atoms with Crippen molar-refractivity contribution in [2.24, 2.45) is 5.92 Å². The van der Waals surface area contributed by atoms with Crippen molar-refractivity contribution < 1.29 is 9.90 Å². The van der Waals surface area contributed by atoms with Crippen LogP contribution in [0.25, 0.3) is 16.9 Å². The van der Waals surface area contributed by atoms with Crippen LogP contribution in [0.2, 0.25) is 0 Å². The molecule has 42 heavy (non-hydrogen) atoms. The summed E-state index contributed by atoms with van der Waals surface area (Å²) in [7, 11) is 0. The van der Waals surface area contributed by atoms with Crippen LogP contribution in [0.3, 0.4) is 0 Å². The van der Waals surface area contributed by atoms with Crippen LogP contribution in [-0.4, -0.2) is 59.2 Å². The van der Waals surface area contributed by atoms with Crippen molar-refractivity contribution in [2.45, 2.75) is 64.1 Å². The number of nitrogens with one attached hydrogen (secondary N) is 1. The van der Waals surface area contributed by atoms with Gasteiger partial charge in [-0.1, -0.05) is 38.1 Å². The summed E-state index contributed by atoms with van der Waals surface area (Å²) < 4.78 is 3.14. The first-order valence-corrected chi connectivity index (χ1v) is 14.4. The number of fused-ring (bicyclic) bond motifs is 4. The van der Waals surface area contributed by atoms with Crippen molar-refractivity contribution in [3.63, 3.8) is 0 Å². The van der Waals surface area contributed by atoms with E-state index >= 15 is 0 Å². The molecule has 3 fully saturated rings. The van der Waals surface area contributed by atoms with Crippen LogP contribution in [-0.2, 0) is 22.4 Å². The number of carbonyl (C=O) groups excluding carboxylic acids is 1. The molecule has 10 nitrogen and oxygen atoms in total. The van der Waals surface area contributed by atoms with Crippen molar-refractivity contribution in [3.05, 3.63) is 82.9 Å². The fourth-order valence-corrected chi connectivity index (χ4v) is 6.43. The summed E-state index contributed by atoms with van der Waals surface area (Å²) in [5.41, 5.74) is 0.878. The summed E-state index contributed by atoms with van der Waals surface area (Å²) in [6.07, 6.45) is 5.07. The Morgan fingerprint density at radius 2 is 1.81 bits per heavy atom. The molecule has 1 unspecified atom stereocenters. The SMILES string of the molecule is C=CCn1c(=O)c2cnc(Nc3cccc(C(C)(C)C4C(=O)C5CCN4CC5)c3)nc2n1-c1cccc(C(C)(C)O)n1. The zero-order valence-corrected chi connectivity index (χ0v) is 24.5. The molecule has 3 aliphatic heterocycles. The van der Waals surface area contributed by atoms with E-state index in [0.717, 1.165) is 37.2 Å². The van der Waals surface area contributed by atoms with E-state index in [4.69, 9.17) is 4.98 Å². The zero-order chi connectivity index (χ0) is 29.8. The highest BCUT2D eigenvalue weighted by Gasteiger charge is 2.48. The number of aliphatic hydroxyl groups is 1. The van der Waals surface area contributed by atoms with Gasteiger partial charge < -0.3 is 10.4 Å². The number of rotatable bonds is 8. The van der Waals surface area contributed by atoms with Crippen LogP contribution in [0.15, 0.2) is 66.1 Å². The number of anilines is 2. The topological polar surface area (TPSA) is 118 Å². The van der Waals surface area contributed by atoms with Gasteiger partial charge in [-0.2, -0.15) is 4.98 Å². The molecular weight excluding hydrogens is 530 g/mol. The van der Waals surface area contributed by atoms with Crippen molar-refractivity contribution in [2.75, 3.05) is 18.4 Å². The molecule has 3 saturated heterocycles. The zero-order valence-electron chi connectivity index (χ0n) is 24.5. The third-order valence-electron chi connectivity index (χ3n) is 8.67. The molecule has 4 aromatic rings. The monoisotopic (exact) mass is 567 g/mol. The number of carbonyl (C=O) groups is 1. The molecule has 0 spiro atoms. The Kier molecular flexibility index (Phi) is 6.86. The normalized spacial score (nSPS) is 20.7. The van der Waals surface area contributed by atoms with Gasteiger partial charge in [0.15, 0.2) is 17.2 Å². The van der Waals surface area contributed by atoms with E-state index in [9.17, 15) is 14.7 Å². The Morgan fingerprint density at radius 3 is 2.50 bits per heavy atom. The lowest BCUT2D eigenvalue weighted by Gasteiger charge is -2.50. The van der Waals surface area contributed by atoms with E-state index in [2.05, 4.69) is 52.7 Å². The lowest BCUT2D eigenvalue weighted by atomic mass is 9.68. The molecule has 2 bridgehead atoms. The van der Waals surface area contributed by atoms with E-state index in [1.165, 1.54) is 10.9 Å². The number of aromatic nitrogens is 5. The average Bonchev–Trinajstić information content (AvgIpc) is 3.24. The summed E-state index contributed by atoms with van der Waals surface area (Å²) in [6.45, 7) is 13.6. The predicted octanol–water partition coefficient (Wildman–Crippen LogP) is 4.08. The standard InChI is InChI=1S/C32H37N7O3/c1-6-15-38-29(41)23-19-33-30(36-28(23)39(38)25-12-8-11-24(35-25)32(4,5)42)34-22-10-7-9-21(18-22)31(2,3)27-26(40)20-13-16-37(27)17-14-20/h6-12,18-20,27,42H,1,13-17H2,2-5H3,(H,33,34,36). The lowest BCUT2D eigenvalue weighted by Crippen LogP contribution is -2.62. The number of ketones is 1. The van der Waals surface area contributed by atoms with Crippen LogP contribution in [0.4, 0.5) is 11.6 Å². The van der Waals surface area contributed by atoms with E-state index in [1.54, 1.807) is 42.8 Å². The van der Waals surface area contributed by atoms with Crippen molar-refractivity contribution in [1.82, 2.24) is 29.2 Å². The highest BCUT2D eigenvalue weighted by Crippen LogP contribution is 2.40. The quantitative estimate of drug-likeness (QED) is 0.306. The largest absolute Gasteiger partial charge is 0.384 e. The van der Waals surface area contributed by atoms with Gasteiger partial charge in [-0.25, -0.2) is 19.3 Å². The van der Waals surface area contributed by atoms with Gasteiger partial charge in [0.2, 0.25) is 5.95 Å². The molecule has 3 aromatic heterocycles. The van der Waals surface area contributed by atoms with Gasteiger partial charge in [-0.3, -0.25) is 14.5 Å². The minimum Gasteiger partial charge on any atom is -0.384 e. The van der Waals surface area contributed by atoms with Crippen molar-refractivity contribution >= 4 is 28.5 Å². The van der Waals surface area contributed by atoms with E-state index in [1.807, 2.05) is 12.1 Å². The summed E-state index contributed by atoms with van der Waals surface area (Å²) in [4.78, 5) is 42.8. The molecular formula is C32H37N7O3. The second kappa shape index (κ2) is 10.3. The van der Waals surface area contributed by atoms with E-state index in [-0.39, 0.29) is 29.5 Å². The second-order valence-corrected chi connectivity index (χ2v) is 12.4. The van der Waals surface area contributed by atoms with E-state index in [0.29, 0.717) is 34.3 Å². The molecule has 1 atom stereocenters. The molecule has 6 heterocycles. The lowest BCUT2D eigenvalue weighted by molar-refractivity contribution is -0.140. The number of benzene rings is 1. The summed E-state index contributed by atoms with van der Waals surface area (Å²) in [5.74, 6) is 1.29. The first-order chi connectivity index (χ1) is 20.0. The number of allylic oxidation sites excluding steroid dienone is 1. The smallest absolute Gasteiger partial charge is 0.278 e. The molecule has 0 radical (unpaired) electrons. The molecule has 1 aromatic carbocycles. The van der Waals surface area contributed by atoms with E-state index < -0.39 is 5.60 Å². The Bertz CT molecular complexity index is 1740. The fourth-order valence-electron chi connectivity index (χ4n) is 6.43. The highest BCUT2D eigenvalue weighted by molar-refractivity contribution is 5.89. The Balaban J connectivity index is 1.38. The van der Waals surface area contributed by atoms with Gasteiger partial charge in [-0.15, -0.1) is 6.58 Å². The number of Topliss-reactive ketones (excluding diaryl/α,β-unsaturated/α-hetero) is 1. The van der Waals surface area contributed by atoms with Crippen molar-refractivity contribution in [1.29, 1.82) is 0 Å². The molecule has 0 aliphatic carbocycles. The van der Waals surface area contributed by atoms with Gasteiger partial charge in [-0.05, 0) is 69.6 Å². The van der Waals surface area contributed by atoms with Gasteiger partial charge in [0.05, 0.1) is 18.3 Å². The Hall–Kier alpha value is -4.15. The van der Waals surface area contributed by atoms with Gasteiger partial charge in [0.25, 0.3) is 5.56 Å². The molecule has 2 N–H and O–H groups in total. The highest BCUT2D eigenvalue weighted by atomic mass is 16.3. The van der Waals surface area contributed by atoms with Crippen LogP contribution in [0.5, 0.6) is 0 Å². The minimum absolute atomic E-state index is 0.140. The summed E-state index contributed by atoms with van der Waals surface area (Å²) in [6, 6.07) is 13.2. The maximum atomic E-state index is 13.3. The third-order valence-corrected chi connectivity index (χ3v) is 8.67. The second-order valence-electron chi connectivity index (χ2n) is 12.4. The first-order valence-electron chi connectivity index (χ1n) is 14.4. The Labute approximate surface area is 244 Å². The molecule has 3 aliphatic rings. The first kappa shape index (κ1) is 28.0. The maximum Gasteiger partial charge on any atom is 0.278 e. The number of pyridine rings is 1. The average molecular weight is 568 g/mol. The number of piperidine rings is 3. The molecule has 218 valence electrons.